The predicted octanol–water partition coefficient (Wildman–Crippen LogP) is 4.37. The summed E-state index contributed by atoms with van der Waals surface area (Å²) in [4.78, 5) is 0. The van der Waals surface area contributed by atoms with Crippen molar-refractivity contribution in [3.05, 3.63) is 0 Å². The van der Waals surface area contributed by atoms with Crippen molar-refractivity contribution in [1.82, 2.24) is 0 Å². The molecule has 0 bridgehead atoms. The molecule has 0 heterocycles. The minimum Gasteiger partial charge on any atom is -0.353 e. The third kappa shape index (κ3) is 4.87. The van der Waals surface area contributed by atoms with E-state index >= 15 is 0 Å². The van der Waals surface area contributed by atoms with Gasteiger partial charge in [0.1, 0.15) is 0 Å². The number of hydrogen-bond acceptors (Lipinski definition) is 1. The highest BCUT2D eigenvalue weighted by atomic mass is 35.5. The summed E-state index contributed by atoms with van der Waals surface area (Å²) >= 11 is 11.7. The first-order chi connectivity index (χ1) is 5.25. The van der Waals surface area contributed by atoms with Crippen molar-refractivity contribution in [2.45, 2.75) is 50.5 Å². The number of alkyl halides is 2. The zero-order chi connectivity index (χ0) is 9.94. The summed E-state index contributed by atoms with van der Waals surface area (Å²) in [5.41, 5.74) is 0. The van der Waals surface area contributed by atoms with Gasteiger partial charge < -0.3 is 4.52 Å². The molecule has 0 aliphatic rings. The van der Waals surface area contributed by atoms with Crippen molar-refractivity contribution in [2.75, 3.05) is 0 Å². The number of hydrogen-bond donors (Lipinski definition) is 0. The molecule has 0 saturated carbocycles. The minimum atomic E-state index is -0.769. The van der Waals surface area contributed by atoms with Gasteiger partial charge in [0.05, 0.1) is 14.3 Å². The van der Waals surface area contributed by atoms with Gasteiger partial charge in [0.25, 0.3) is 0 Å². The Morgan fingerprint density at radius 1 is 1.17 bits per heavy atom. The first-order valence-electron chi connectivity index (χ1n) is 3.99. The summed E-state index contributed by atoms with van der Waals surface area (Å²) in [6, 6.07) is 0. The molecule has 74 valence electrons. The van der Waals surface area contributed by atoms with Crippen molar-refractivity contribution >= 4 is 31.4 Å². The zero-order valence-electron chi connectivity index (χ0n) is 8.27. The van der Waals surface area contributed by atoms with E-state index in [4.69, 9.17) is 27.7 Å². The average molecular weight is 231 g/mol. The van der Waals surface area contributed by atoms with Crippen LogP contribution in [0.2, 0.25) is 0 Å². The van der Waals surface area contributed by atoms with Crippen LogP contribution in [-0.4, -0.2) is 15.8 Å². The highest BCUT2D eigenvalue weighted by Crippen LogP contribution is 2.57. The maximum absolute atomic E-state index is 5.84. The lowest BCUT2D eigenvalue weighted by Crippen LogP contribution is -2.18. The molecule has 0 fully saturated rings. The largest absolute Gasteiger partial charge is 0.353 e. The molecular formula is C8H17Cl2OP. The van der Waals surface area contributed by atoms with Crippen LogP contribution < -0.4 is 0 Å². The Balaban J connectivity index is 4.25. The fraction of sp³-hybridized carbons (Fsp3) is 1.00. The topological polar surface area (TPSA) is 9.23 Å². The second-order valence-electron chi connectivity index (χ2n) is 3.93. The highest BCUT2D eigenvalue weighted by Gasteiger charge is 2.31. The predicted molar refractivity (Wildman–Crippen MR) is 58.4 cm³/mol. The third-order valence-electron chi connectivity index (χ3n) is 1.16. The van der Waals surface area contributed by atoms with E-state index in [9.17, 15) is 0 Å². The molecule has 0 aliphatic carbocycles. The highest BCUT2D eigenvalue weighted by molar-refractivity contribution is 7.59. The number of rotatable bonds is 3. The van der Waals surface area contributed by atoms with Gasteiger partial charge in [0.15, 0.2) is 4.58 Å². The van der Waals surface area contributed by atoms with Crippen LogP contribution in [0, 0.1) is 0 Å². The summed E-state index contributed by atoms with van der Waals surface area (Å²) in [5.74, 6) is 0. The van der Waals surface area contributed by atoms with Crippen LogP contribution in [0.25, 0.3) is 0 Å². The lowest BCUT2D eigenvalue weighted by Gasteiger charge is -2.32. The summed E-state index contributed by atoms with van der Waals surface area (Å²) in [6.07, 6.45) is 0.190. The molecule has 0 aromatic carbocycles. The van der Waals surface area contributed by atoms with Crippen molar-refractivity contribution in [2.24, 2.45) is 0 Å². The molecule has 0 radical (unpaired) electrons. The molecular weight excluding hydrogens is 214 g/mol. The van der Waals surface area contributed by atoms with Crippen LogP contribution in [0.15, 0.2) is 0 Å². The van der Waals surface area contributed by atoms with Gasteiger partial charge in [0.2, 0.25) is 0 Å². The Labute approximate surface area is 86.6 Å². The van der Waals surface area contributed by atoms with Gasteiger partial charge in [-0.1, -0.05) is 44.0 Å². The maximum Gasteiger partial charge on any atom is 0.151 e. The van der Waals surface area contributed by atoms with Crippen molar-refractivity contribution in [3.63, 3.8) is 0 Å². The molecule has 4 heteroatoms. The van der Waals surface area contributed by atoms with Crippen LogP contribution in [0.4, 0.5) is 0 Å². The molecule has 0 aromatic rings. The molecule has 1 unspecified atom stereocenters. The Hall–Kier alpha value is 0.970. The zero-order valence-corrected chi connectivity index (χ0v) is 10.7. The molecule has 0 aliphatic heterocycles. The Kier molecular flexibility index (Phi) is 5.41. The monoisotopic (exact) mass is 230 g/mol. The summed E-state index contributed by atoms with van der Waals surface area (Å²) in [5, 5.41) is 0.0494. The standard InChI is InChI=1S/C8H17Cl2OP/c1-6(2)11-12(7(9)10)8(3,4)5/h6-7H,1-5H3. The van der Waals surface area contributed by atoms with Gasteiger partial charge in [-0.05, 0) is 13.8 Å². The maximum atomic E-state index is 5.84. The lowest BCUT2D eigenvalue weighted by atomic mass is 10.3. The molecule has 0 aromatic heterocycles. The van der Waals surface area contributed by atoms with Crippen molar-refractivity contribution < 1.29 is 4.52 Å². The molecule has 1 nitrogen and oxygen atoms in total. The van der Waals surface area contributed by atoms with E-state index in [-0.39, 0.29) is 11.3 Å². The van der Waals surface area contributed by atoms with E-state index < -0.39 is 12.7 Å². The lowest BCUT2D eigenvalue weighted by molar-refractivity contribution is 0.263. The summed E-state index contributed by atoms with van der Waals surface area (Å²) in [7, 11) is -0.769. The Bertz CT molecular complexity index is 132. The smallest absolute Gasteiger partial charge is 0.151 e. The molecule has 0 amide bonds. The van der Waals surface area contributed by atoms with Crippen molar-refractivity contribution in [1.29, 1.82) is 0 Å². The fourth-order valence-electron chi connectivity index (χ4n) is 0.724. The van der Waals surface area contributed by atoms with Crippen LogP contribution in [0.5, 0.6) is 0 Å². The van der Waals surface area contributed by atoms with Crippen LogP contribution in [0.3, 0.4) is 0 Å². The van der Waals surface area contributed by atoms with Gasteiger partial charge in [-0.25, -0.2) is 0 Å². The van der Waals surface area contributed by atoms with E-state index in [0.717, 1.165) is 0 Å². The Morgan fingerprint density at radius 3 is 1.67 bits per heavy atom. The quantitative estimate of drug-likeness (QED) is 0.517. The van der Waals surface area contributed by atoms with Crippen molar-refractivity contribution in [3.8, 4) is 0 Å². The first kappa shape index (κ1) is 13.0. The Morgan fingerprint density at radius 2 is 1.58 bits per heavy atom. The fourth-order valence-corrected chi connectivity index (χ4v) is 4.20. The van der Waals surface area contributed by atoms with E-state index in [2.05, 4.69) is 20.8 Å². The second-order valence-corrected chi connectivity index (χ2v) is 8.35. The first-order valence-corrected chi connectivity index (χ1v) is 6.19. The second kappa shape index (κ2) is 5.00. The molecule has 0 spiro atoms. The van der Waals surface area contributed by atoms with Gasteiger partial charge in [-0.2, -0.15) is 0 Å². The molecule has 12 heavy (non-hydrogen) atoms. The third-order valence-corrected chi connectivity index (χ3v) is 4.55. The molecule has 1 atom stereocenters. The molecule has 0 saturated heterocycles. The van der Waals surface area contributed by atoms with Gasteiger partial charge in [-0.3, -0.25) is 0 Å². The number of halogens is 2. The summed E-state index contributed by atoms with van der Waals surface area (Å²) < 4.78 is 5.28. The average Bonchev–Trinajstić information content (AvgIpc) is 1.79. The molecule has 0 N–H and O–H groups in total. The summed E-state index contributed by atoms with van der Waals surface area (Å²) in [6.45, 7) is 10.3. The van der Waals surface area contributed by atoms with E-state index in [1.54, 1.807) is 0 Å². The van der Waals surface area contributed by atoms with Gasteiger partial charge >= 0.3 is 0 Å². The van der Waals surface area contributed by atoms with Gasteiger partial charge in [0, 0.05) is 5.16 Å². The van der Waals surface area contributed by atoms with Crippen LogP contribution >= 0.6 is 31.4 Å². The van der Waals surface area contributed by atoms with E-state index in [1.165, 1.54) is 0 Å². The SMILES string of the molecule is CC(C)OP(C(Cl)Cl)C(C)(C)C. The van der Waals surface area contributed by atoms with Gasteiger partial charge in [-0.15, -0.1) is 0 Å². The normalized spacial score (nSPS) is 15.8. The molecule has 0 rings (SSSR count). The van der Waals surface area contributed by atoms with Crippen LogP contribution in [0.1, 0.15) is 34.6 Å². The minimum absolute atomic E-state index is 0.0494. The van der Waals surface area contributed by atoms with E-state index in [0.29, 0.717) is 0 Å². The van der Waals surface area contributed by atoms with E-state index in [1.807, 2.05) is 13.8 Å². The van der Waals surface area contributed by atoms with Crippen LogP contribution in [-0.2, 0) is 4.52 Å².